The Kier molecular flexibility index (Phi) is 4.40. The molecule has 3 rings (SSSR count). The molecule has 3 atom stereocenters. The van der Waals surface area contributed by atoms with Gasteiger partial charge in [-0.2, -0.15) is 0 Å². The van der Waals surface area contributed by atoms with Gasteiger partial charge in [-0.1, -0.05) is 36.4 Å². The molecule has 1 saturated heterocycles. The third-order valence-corrected chi connectivity index (χ3v) is 4.08. The minimum Gasteiger partial charge on any atom is -0.463 e. The van der Waals surface area contributed by atoms with Crippen LogP contribution in [-0.4, -0.2) is 29.8 Å². The van der Waals surface area contributed by atoms with Crippen LogP contribution in [0.15, 0.2) is 48.5 Å². The first-order valence-electron chi connectivity index (χ1n) is 7.40. The largest absolute Gasteiger partial charge is 0.463 e. The highest BCUT2D eigenvalue weighted by molar-refractivity contribution is 6.36. The summed E-state index contributed by atoms with van der Waals surface area (Å²) in [6, 6.07) is 11.0. The molecule has 124 valence electrons. The molecule has 0 saturated carbocycles. The number of halogens is 2. The van der Waals surface area contributed by atoms with Crippen molar-refractivity contribution in [3.8, 4) is 0 Å². The van der Waals surface area contributed by atoms with E-state index in [0.717, 1.165) is 24.8 Å². The van der Waals surface area contributed by atoms with Crippen LogP contribution in [0.1, 0.15) is 17.2 Å². The quantitative estimate of drug-likeness (QED) is 0.480. The summed E-state index contributed by atoms with van der Waals surface area (Å²) in [5.41, 5.74) is 0.676. The number of ether oxygens (including phenoxy) is 1. The molecule has 2 aromatic carbocycles. The zero-order valence-corrected chi connectivity index (χ0v) is 12.9. The number of carbonyl (C=O) groups is 2. The van der Waals surface area contributed by atoms with E-state index in [2.05, 4.69) is 4.74 Å². The van der Waals surface area contributed by atoms with Crippen molar-refractivity contribution in [2.75, 3.05) is 7.11 Å². The Hall–Kier alpha value is -2.60. The fourth-order valence-corrected chi connectivity index (χ4v) is 2.90. The SMILES string of the molecule is COC(=O)C(=O)[C@H]1[C@@H](c2c(F)cccc2F)N1Cc1ccccc1. The number of nitrogens with zero attached hydrogens (tertiary/aromatic N) is 1. The van der Waals surface area contributed by atoms with Gasteiger partial charge in [0.15, 0.2) is 0 Å². The lowest BCUT2D eigenvalue weighted by Crippen LogP contribution is -2.24. The van der Waals surface area contributed by atoms with Crippen LogP contribution in [0.25, 0.3) is 0 Å². The third-order valence-electron chi connectivity index (χ3n) is 4.08. The third kappa shape index (κ3) is 2.92. The first-order valence-corrected chi connectivity index (χ1v) is 7.40. The molecular formula is C18H15F2NO3. The lowest BCUT2D eigenvalue weighted by Gasteiger charge is -2.06. The second-order valence-corrected chi connectivity index (χ2v) is 5.54. The number of esters is 1. The molecule has 1 aliphatic heterocycles. The van der Waals surface area contributed by atoms with Crippen LogP contribution in [0.5, 0.6) is 0 Å². The van der Waals surface area contributed by atoms with Gasteiger partial charge in [0.05, 0.1) is 13.2 Å². The van der Waals surface area contributed by atoms with Gasteiger partial charge in [0.1, 0.15) is 17.7 Å². The summed E-state index contributed by atoms with van der Waals surface area (Å²) in [7, 11) is 1.10. The van der Waals surface area contributed by atoms with E-state index in [0.29, 0.717) is 6.54 Å². The average molecular weight is 331 g/mol. The van der Waals surface area contributed by atoms with Gasteiger partial charge in [-0.3, -0.25) is 9.69 Å². The highest BCUT2D eigenvalue weighted by atomic mass is 19.1. The fourth-order valence-electron chi connectivity index (χ4n) is 2.90. The van der Waals surface area contributed by atoms with Crippen LogP contribution in [-0.2, 0) is 20.9 Å². The molecule has 6 heteroatoms. The van der Waals surface area contributed by atoms with Crippen molar-refractivity contribution in [3.63, 3.8) is 0 Å². The molecule has 24 heavy (non-hydrogen) atoms. The van der Waals surface area contributed by atoms with Crippen molar-refractivity contribution >= 4 is 11.8 Å². The maximum Gasteiger partial charge on any atom is 0.376 e. The highest BCUT2D eigenvalue weighted by Gasteiger charge is 2.56. The number of methoxy groups -OCH3 is 1. The molecule has 1 heterocycles. The van der Waals surface area contributed by atoms with E-state index >= 15 is 0 Å². The van der Waals surface area contributed by atoms with Crippen molar-refractivity contribution in [1.82, 2.24) is 4.90 Å². The second kappa shape index (κ2) is 6.49. The smallest absolute Gasteiger partial charge is 0.376 e. The number of ketones is 1. The summed E-state index contributed by atoms with van der Waals surface area (Å²) in [6.45, 7) is 0.298. The summed E-state index contributed by atoms with van der Waals surface area (Å²) in [5, 5.41) is 0. The van der Waals surface area contributed by atoms with Crippen LogP contribution in [0.2, 0.25) is 0 Å². The molecule has 0 spiro atoms. The standard InChI is InChI=1S/C18H15F2NO3/c1-24-18(23)17(22)16-15(14-12(19)8-5-9-13(14)20)21(16)10-11-6-3-2-4-7-11/h2-9,15-16H,10H2,1H3/t15-,16-,21?/m1/s1. The zero-order valence-electron chi connectivity index (χ0n) is 12.9. The molecule has 1 fully saturated rings. The summed E-state index contributed by atoms with van der Waals surface area (Å²) in [6.07, 6.45) is 0. The normalized spacial score (nSPS) is 22.0. The van der Waals surface area contributed by atoms with Gasteiger partial charge < -0.3 is 4.74 Å². The Morgan fingerprint density at radius 3 is 2.25 bits per heavy atom. The molecule has 4 nitrogen and oxygen atoms in total. The zero-order chi connectivity index (χ0) is 17.3. The van der Waals surface area contributed by atoms with Gasteiger partial charge in [0.2, 0.25) is 0 Å². The molecule has 2 aromatic rings. The first-order chi connectivity index (χ1) is 11.5. The predicted octanol–water partition coefficient (Wildman–Crippen LogP) is 2.63. The molecule has 1 unspecified atom stereocenters. The van der Waals surface area contributed by atoms with E-state index in [1.54, 1.807) is 4.90 Å². The van der Waals surface area contributed by atoms with E-state index in [1.807, 2.05) is 30.3 Å². The maximum atomic E-state index is 14.1. The molecule has 0 amide bonds. The Labute approximate surface area is 137 Å². The second-order valence-electron chi connectivity index (χ2n) is 5.54. The van der Waals surface area contributed by atoms with Crippen molar-refractivity contribution in [2.45, 2.75) is 18.6 Å². The lowest BCUT2D eigenvalue weighted by molar-refractivity contribution is -0.151. The van der Waals surface area contributed by atoms with Gasteiger partial charge >= 0.3 is 5.97 Å². The van der Waals surface area contributed by atoms with E-state index in [1.165, 1.54) is 6.07 Å². The molecule has 0 radical (unpaired) electrons. The summed E-state index contributed by atoms with van der Waals surface area (Å²) >= 11 is 0. The number of hydrogen-bond acceptors (Lipinski definition) is 4. The Balaban J connectivity index is 1.92. The van der Waals surface area contributed by atoms with Gasteiger partial charge in [-0.25, -0.2) is 13.6 Å². The van der Waals surface area contributed by atoms with E-state index in [-0.39, 0.29) is 5.56 Å². The molecular weight excluding hydrogens is 316 g/mol. The van der Waals surface area contributed by atoms with Crippen LogP contribution in [0.4, 0.5) is 8.78 Å². The highest BCUT2D eigenvalue weighted by Crippen LogP contribution is 2.46. The van der Waals surface area contributed by atoms with Crippen molar-refractivity contribution in [1.29, 1.82) is 0 Å². The number of rotatable bonds is 5. The van der Waals surface area contributed by atoms with E-state index < -0.39 is 35.5 Å². The number of benzene rings is 2. The minimum atomic E-state index is -1.02. The Bertz CT molecular complexity index is 759. The monoisotopic (exact) mass is 331 g/mol. The molecule has 0 aliphatic carbocycles. The van der Waals surface area contributed by atoms with E-state index in [9.17, 15) is 18.4 Å². The summed E-state index contributed by atoms with van der Waals surface area (Å²) < 4.78 is 32.6. The Morgan fingerprint density at radius 1 is 1.04 bits per heavy atom. The lowest BCUT2D eigenvalue weighted by atomic mass is 10.1. The van der Waals surface area contributed by atoms with Crippen LogP contribution in [0, 0.1) is 11.6 Å². The summed E-state index contributed by atoms with van der Waals surface area (Å²) in [5.74, 6) is -3.30. The molecule has 0 aromatic heterocycles. The Morgan fingerprint density at radius 2 is 1.67 bits per heavy atom. The van der Waals surface area contributed by atoms with Crippen LogP contribution >= 0.6 is 0 Å². The van der Waals surface area contributed by atoms with Crippen LogP contribution < -0.4 is 0 Å². The van der Waals surface area contributed by atoms with Crippen molar-refractivity contribution in [2.24, 2.45) is 0 Å². The molecule has 1 aliphatic rings. The predicted molar refractivity (Wildman–Crippen MR) is 81.9 cm³/mol. The summed E-state index contributed by atoms with van der Waals surface area (Å²) in [4.78, 5) is 25.3. The van der Waals surface area contributed by atoms with E-state index in [4.69, 9.17) is 0 Å². The first kappa shape index (κ1) is 16.3. The van der Waals surface area contributed by atoms with Crippen LogP contribution in [0.3, 0.4) is 0 Å². The van der Waals surface area contributed by atoms with Gasteiger partial charge in [0, 0.05) is 12.1 Å². The topological polar surface area (TPSA) is 46.4 Å². The molecule has 0 bridgehead atoms. The van der Waals surface area contributed by atoms with Gasteiger partial charge in [-0.15, -0.1) is 0 Å². The number of Topliss-reactive ketones (excluding diaryl/α,β-unsaturated/α-hetero) is 1. The number of hydrogen-bond donors (Lipinski definition) is 0. The van der Waals surface area contributed by atoms with Crippen molar-refractivity contribution in [3.05, 3.63) is 71.3 Å². The average Bonchev–Trinajstić information content (AvgIpc) is 3.27. The fraction of sp³-hybridized carbons (Fsp3) is 0.222. The maximum absolute atomic E-state index is 14.1. The number of carbonyl (C=O) groups excluding carboxylic acids is 2. The van der Waals surface area contributed by atoms with Gasteiger partial charge in [-0.05, 0) is 17.7 Å². The minimum absolute atomic E-state index is 0.198. The molecule has 0 N–H and O–H groups in total. The van der Waals surface area contributed by atoms with Crippen molar-refractivity contribution < 1.29 is 23.1 Å². The van der Waals surface area contributed by atoms with Gasteiger partial charge in [0.25, 0.3) is 5.78 Å².